The fourth-order valence-corrected chi connectivity index (χ4v) is 1.44. The molecule has 0 saturated heterocycles. The summed E-state index contributed by atoms with van der Waals surface area (Å²) in [5, 5.41) is 0. The third-order valence-electron chi connectivity index (χ3n) is 2.24. The highest BCUT2D eigenvalue weighted by molar-refractivity contribution is 6.42. The van der Waals surface area contributed by atoms with E-state index in [2.05, 4.69) is 0 Å². The van der Waals surface area contributed by atoms with E-state index in [1.807, 2.05) is 0 Å². The average Bonchev–Trinajstić information content (AvgIpc) is 2.26. The lowest BCUT2D eigenvalue weighted by atomic mass is 10.0. The molecule has 90 valence electrons. The Labute approximate surface area is 100 Å². The van der Waals surface area contributed by atoms with E-state index in [0.29, 0.717) is 5.56 Å². The zero-order chi connectivity index (χ0) is 13.0. The lowest BCUT2D eigenvalue weighted by Crippen LogP contribution is -2.29. The summed E-state index contributed by atoms with van der Waals surface area (Å²) in [6, 6.07) is 6.60. The first kappa shape index (κ1) is 13.1. The van der Waals surface area contributed by atoms with Crippen LogP contribution in [0.1, 0.15) is 22.8 Å². The van der Waals surface area contributed by atoms with Gasteiger partial charge in [0.1, 0.15) is 5.78 Å². The first-order valence-electron chi connectivity index (χ1n) is 5.26. The van der Waals surface area contributed by atoms with Crippen molar-refractivity contribution in [2.45, 2.75) is 13.3 Å². The third-order valence-corrected chi connectivity index (χ3v) is 2.24. The average molecular weight is 233 g/mol. The van der Waals surface area contributed by atoms with Crippen LogP contribution in [0.5, 0.6) is 0 Å². The summed E-state index contributed by atoms with van der Waals surface area (Å²) in [7, 11) is 3.05. The Kier molecular flexibility index (Phi) is 4.15. The molecule has 0 spiro atoms. The first-order chi connectivity index (χ1) is 7.91. The highest BCUT2D eigenvalue weighted by Gasteiger charge is 2.18. The van der Waals surface area contributed by atoms with Crippen LogP contribution in [0.2, 0.25) is 0 Å². The number of carbonyl (C=O) groups is 3. The molecule has 0 bridgehead atoms. The molecule has 0 atom stereocenters. The molecular weight excluding hydrogens is 218 g/mol. The van der Waals surface area contributed by atoms with E-state index in [0.717, 1.165) is 5.56 Å². The lowest BCUT2D eigenvalue weighted by Gasteiger charge is -2.09. The summed E-state index contributed by atoms with van der Waals surface area (Å²) in [5.74, 6) is -1.10. The van der Waals surface area contributed by atoms with Crippen LogP contribution in [0.25, 0.3) is 0 Å². The van der Waals surface area contributed by atoms with Crippen molar-refractivity contribution in [3.05, 3.63) is 35.4 Å². The van der Waals surface area contributed by atoms with Gasteiger partial charge in [0.2, 0.25) is 5.78 Å². The van der Waals surface area contributed by atoms with Crippen molar-refractivity contribution in [2.75, 3.05) is 14.1 Å². The molecule has 4 nitrogen and oxygen atoms in total. The lowest BCUT2D eigenvalue weighted by molar-refractivity contribution is -0.124. The molecule has 0 aliphatic rings. The van der Waals surface area contributed by atoms with E-state index < -0.39 is 11.7 Å². The van der Waals surface area contributed by atoms with Crippen LogP contribution in [-0.4, -0.2) is 36.5 Å². The van der Waals surface area contributed by atoms with Gasteiger partial charge in [0.25, 0.3) is 5.91 Å². The molecule has 1 aromatic rings. The highest BCUT2D eigenvalue weighted by atomic mass is 16.2. The number of rotatable bonds is 4. The van der Waals surface area contributed by atoms with Gasteiger partial charge < -0.3 is 4.90 Å². The monoisotopic (exact) mass is 233 g/mol. The van der Waals surface area contributed by atoms with Crippen molar-refractivity contribution < 1.29 is 14.4 Å². The van der Waals surface area contributed by atoms with Gasteiger partial charge in [-0.3, -0.25) is 14.4 Å². The zero-order valence-corrected chi connectivity index (χ0v) is 10.2. The molecule has 0 fully saturated rings. The number of carbonyl (C=O) groups excluding carboxylic acids is 3. The minimum absolute atomic E-state index is 0.0218. The van der Waals surface area contributed by atoms with Crippen LogP contribution < -0.4 is 0 Å². The predicted molar refractivity (Wildman–Crippen MR) is 63.9 cm³/mol. The van der Waals surface area contributed by atoms with Crippen molar-refractivity contribution in [3.8, 4) is 0 Å². The normalized spacial score (nSPS) is 9.82. The molecule has 0 aliphatic carbocycles. The topological polar surface area (TPSA) is 54.5 Å². The first-order valence-corrected chi connectivity index (χ1v) is 5.26. The summed E-state index contributed by atoms with van der Waals surface area (Å²) in [4.78, 5) is 35.4. The van der Waals surface area contributed by atoms with Crippen LogP contribution in [-0.2, 0) is 16.0 Å². The Morgan fingerprint density at radius 3 is 2.35 bits per heavy atom. The summed E-state index contributed by atoms with van der Waals surface area (Å²) in [6.07, 6.45) is 0.275. The standard InChI is InChI=1S/C13H15NO3/c1-9(15)7-10-5-4-6-11(8-10)12(16)13(17)14(2)3/h4-6,8H,7H2,1-3H3. The second kappa shape index (κ2) is 5.39. The minimum atomic E-state index is -0.565. The van der Waals surface area contributed by atoms with Crippen LogP contribution in [0.15, 0.2) is 24.3 Å². The number of likely N-dealkylation sites (N-methyl/N-ethyl adjacent to an activating group) is 1. The maximum absolute atomic E-state index is 11.7. The van der Waals surface area contributed by atoms with E-state index >= 15 is 0 Å². The Morgan fingerprint density at radius 1 is 1.18 bits per heavy atom. The van der Waals surface area contributed by atoms with E-state index in [4.69, 9.17) is 0 Å². The molecular formula is C13H15NO3. The number of hydrogen-bond donors (Lipinski definition) is 0. The van der Waals surface area contributed by atoms with Gasteiger partial charge in [0.05, 0.1) is 0 Å². The van der Waals surface area contributed by atoms with Crippen LogP contribution in [0, 0.1) is 0 Å². The number of nitrogens with zero attached hydrogens (tertiary/aromatic N) is 1. The number of Topliss-reactive ketones (excluding diaryl/α,β-unsaturated/α-hetero) is 2. The maximum atomic E-state index is 11.7. The van der Waals surface area contributed by atoms with Gasteiger partial charge in [-0.25, -0.2) is 0 Å². The van der Waals surface area contributed by atoms with Gasteiger partial charge in [-0.1, -0.05) is 18.2 Å². The molecule has 1 aromatic carbocycles. The van der Waals surface area contributed by atoms with Crippen LogP contribution in [0.4, 0.5) is 0 Å². The number of ketones is 2. The maximum Gasteiger partial charge on any atom is 0.294 e. The van der Waals surface area contributed by atoms with Gasteiger partial charge in [-0.15, -0.1) is 0 Å². The second-order valence-electron chi connectivity index (χ2n) is 4.11. The molecule has 0 unspecified atom stereocenters. The number of benzene rings is 1. The Bertz CT molecular complexity index is 463. The van der Waals surface area contributed by atoms with Gasteiger partial charge in [-0.2, -0.15) is 0 Å². The predicted octanol–water partition coefficient (Wildman–Crippen LogP) is 1.09. The highest BCUT2D eigenvalue weighted by Crippen LogP contribution is 2.08. The van der Waals surface area contributed by atoms with E-state index in [-0.39, 0.29) is 12.2 Å². The van der Waals surface area contributed by atoms with Gasteiger partial charge >= 0.3 is 0 Å². The number of amides is 1. The molecule has 0 aliphatic heterocycles. The molecule has 0 heterocycles. The fourth-order valence-electron chi connectivity index (χ4n) is 1.44. The Balaban J connectivity index is 2.95. The molecule has 0 aromatic heterocycles. The summed E-state index contributed by atoms with van der Waals surface area (Å²) in [5.41, 5.74) is 1.07. The SMILES string of the molecule is CC(=O)Cc1cccc(C(=O)C(=O)N(C)C)c1. The van der Waals surface area contributed by atoms with Gasteiger partial charge in [0.15, 0.2) is 0 Å². The Hall–Kier alpha value is -1.97. The molecule has 17 heavy (non-hydrogen) atoms. The summed E-state index contributed by atoms with van der Waals surface area (Å²) >= 11 is 0. The van der Waals surface area contributed by atoms with Gasteiger partial charge in [-0.05, 0) is 18.6 Å². The summed E-state index contributed by atoms with van der Waals surface area (Å²) in [6.45, 7) is 1.49. The molecule has 0 saturated carbocycles. The van der Waals surface area contributed by atoms with Crippen LogP contribution in [0.3, 0.4) is 0 Å². The molecule has 0 N–H and O–H groups in total. The van der Waals surface area contributed by atoms with Crippen molar-refractivity contribution in [2.24, 2.45) is 0 Å². The molecule has 0 radical (unpaired) electrons. The zero-order valence-electron chi connectivity index (χ0n) is 10.2. The third kappa shape index (κ3) is 3.52. The Morgan fingerprint density at radius 2 is 1.82 bits per heavy atom. The van der Waals surface area contributed by atoms with Crippen LogP contribution >= 0.6 is 0 Å². The molecule has 4 heteroatoms. The smallest absolute Gasteiger partial charge is 0.294 e. The van der Waals surface area contributed by atoms with Crippen molar-refractivity contribution in [3.63, 3.8) is 0 Å². The second-order valence-corrected chi connectivity index (χ2v) is 4.11. The fraction of sp³-hybridized carbons (Fsp3) is 0.308. The quantitative estimate of drug-likeness (QED) is 0.578. The summed E-state index contributed by atoms with van der Waals surface area (Å²) < 4.78 is 0. The molecule has 1 rings (SSSR count). The van der Waals surface area contributed by atoms with E-state index in [1.54, 1.807) is 24.3 Å². The van der Waals surface area contributed by atoms with E-state index in [9.17, 15) is 14.4 Å². The minimum Gasteiger partial charge on any atom is -0.342 e. The van der Waals surface area contributed by atoms with Crippen molar-refractivity contribution in [1.29, 1.82) is 0 Å². The molecule has 1 amide bonds. The van der Waals surface area contributed by atoms with E-state index in [1.165, 1.54) is 25.9 Å². The van der Waals surface area contributed by atoms with Crippen molar-refractivity contribution in [1.82, 2.24) is 4.90 Å². The van der Waals surface area contributed by atoms with Gasteiger partial charge in [0, 0.05) is 26.1 Å². The number of hydrogen-bond acceptors (Lipinski definition) is 3. The largest absolute Gasteiger partial charge is 0.342 e. The van der Waals surface area contributed by atoms with Crippen molar-refractivity contribution >= 4 is 17.5 Å².